The van der Waals surface area contributed by atoms with E-state index in [0.717, 1.165) is 34.3 Å². The highest BCUT2D eigenvalue weighted by Crippen LogP contribution is 2.21. The highest BCUT2D eigenvalue weighted by Gasteiger charge is 2.08. The molecule has 0 radical (unpaired) electrons. The summed E-state index contributed by atoms with van der Waals surface area (Å²) in [6.45, 7) is 0.773. The van der Waals surface area contributed by atoms with Gasteiger partial charge >= 0.3 is 0 Å². The van der Waals surface area contributed by atoms with Crippen molar-refractivity contribution in [1.29, 1.82) is 0 Å². The van der Waals surface area contributed by atoms with E-state index in [0.29, 0.717) is 0 Å². The van der Waals surface area contributed by atoms with Crippen LogP contribution in [0, 0.1) is 3.57 Å². The highest BCUT2D eigenvalue weighted by molar-refractivity contribution is 14.1. The lowest BCUT2D eigenvalue weighted by Crippen LogP contribution is -2.19. The van der Waals surface area contributed by atoms with Gasteiger partial charge in [0.05, 0.1) is 19.7 Å². The minimum atomic E-state index is -0.163. The van der Waals surface area contributed by atoms with Gasteiger partial charge in [0.15, 0.2) is 0 Å². The summed E-state index contributed by atoms with van der Waals surface area (Å²) < 4.78 is 8.57. The van der Waals surface area contributed by atoms with Crippen LogP contribution in [0.25, 0.3) is 10.9 Å². The molecule has 1 amide bonds. The van der Waals surface area contributed by atoms with E-state index < -0.39 is 0 Å². The Hall–Kier alpha value is -3.13. The fourth-order valence-electron chi connectivity index (χ4n) is 3.44. The number of fused-ring (bicyclic) bond motifs is 1. The van der Waals surface area contributed by atoms with Gasteiger partial charge in [-0.25, -0.2) is 5.43 Å². The van der Waals surface area contributed by atoms with Crippen LogP contribution in [0.4, 0.5) is 0 Å². The van der Waals surface area contributed by atoms with Crippen LogP contribution in [0.15, 0.2) is 84.1 Å². The smallest absolute Gasteiger partial charge is 0.244 e. The third-order valence-corrected chi connectivity index (χ3v) is 5.72. The van der Waals surface area contributed by atoms with Gasteiger partial charge in [-0.05, 0) is 64.0 Å². The molecule has 0 aliphatic heterocycles. The van der Waals surface area contributed by atoms with E-state index in [-0.39, 0.29) is 12.3 Å². The molecule has 0 bridgehead atoms. The molecule has 156 valence electrons. The first-order valence-electron chi connectivity index (χ1n) is 9.89. The van der Waals surface area contributed by atoms with Crippen molar-refractivity contribution in [2.45, 2.75) is 13.0 Å². The molecule has 0 saturated heterocycles. The van der Waals surface area contributed by atoms with Crippen molar-refractivity contribution in [2.24, 2.45) is 5.10 Å². The summed E-state index contributed by atoms with van der Waals surface area (Å²) in [6, 6.07) is 24.2. The largest absolute Gasteiger partial charge is 0.497 e. The van der Waals surface area contributed by atoms with E-state index in [1.165, 1.54) is 9.13 Å². The van der Waals surface area contributed by atoms with Gasteiger partial charge in [0.2, 0.25) is 5.91 Å². The Morgan fingerprint density at radius 2 is 1.74 bits per heavy atom. The molecule has 4 rings (SSSR count). The Morgan fingerprint density at radius 1 is 1.03 bits per heavy atom. The predicted octanol–water partition coefficient (Wildman–Crippen LogP) is 5.00. The number of amides is 1. The second-order valence-corrected chi connectivity index (χ2v) is 8.42. The first kappa shape index (κ1) is 21.1. The maximum absolute atomic E-state index is 12.2. The number of carbonyl (C=O) groups excluding carboxylic acids is 1. The van der Waals surface area contributed by atoms with Gasteiger partial charge in [0.25, 0.3) is 0 Å². The number of hydrogen-bond donors (Lipinski definition) is 1. The average molecular weight is 523 g/mol. The molecule has 0 aliphatic rings. The third kappa shape index (κ3) is 5.32. The van der Waals surface area contributed by atoms with Crippen molar-refractivity contribution in [2.75, 3.05) is 7.11 Å². The Balaban J connectivity index is 1.46. The average Bonchev–Trinajstić information content (AvgIpc) is 3.13. The van der Waals surface area contributed by atoms with Crippen LogP contribution in [0.5, 0.6) is 5.75 Å². The number of methoxy groups -OCH3 is 1. The summed E-state index contributed by atoms with van der Waals surface area (Å²) in [5.41, 5.74) is 6.86. The molecule has 1 heterocycles. The van der Waals surface area contributed by atoms with Gasteiger partial charge in [0, 0.05) is 32.8 Å². The van der Waals surface area contributed by atoms with Crippen LogP contribution in [0.2, 0.25) is 0 Å². The summed E-state index contributed by atoms with van der Waals surface area (Å²) in [6.07, 6.45) is 4.04. The molecule has 31 heavy (non-hydrogen) atoms. The molecule has 0 fully saturated rings. The topological polar surface area (TPSA) is 55.6 Å². The van der Waals surface area contributed by atoms with E-state index in [4.69, 9.17) is 4.74 Å². The van der Waals surface area contributed by atoms with Crippen LogP contribution in [0.1, 0.15) is 16.7 Å². The second-order valence-electron chi connectivity index (χ2n) is 7.17. The molecule has 1 aromatic heterocycles. The quantitative estimate of drug-likeness (QED) is 0.211. The van der Waals surface area contributed by atoms with Crippen molar-refractivity contribution in [1.82, 2.24) is 9.99 Å². The molecule has 0 atom stereocenters. The molecule has 0 aliphatic carbocycles. The summed E-state index contributed by atoms with van der Waals surface area (Å²) in [5.74, 6) is 0.604. The van der Waals surface area contributed by atoms with Crippen LogP contribution in [-0.4, -0.2) is 23.8 Å². The Morgan fingerprint density at radius 3 is 2.48 bits per heavy atom. The van der Waals surface area contributed by atoms with E-state index >= 15 is 0 Å². The summed E-state index contributed by atoms with van der Waals surface area (Å²) >= 11 is 2.31. The molecule has 5 nitrogen and oxygen atoms in total. The van der Waals surface area contributed by atoms with Crippen molar-refractivity contribution in [3.8, 4) is 5.75 Å². The molecule has 0 unspecified atom stereocenters. The molecule has 0 spiro atoms. The van der Waals surface area contributed by atoms with Gasteiger partial charge in [-0.15, -0.1) is 0 Å². The zero-order valence-corrected chi connectivity index (χ0v) is 19.2. The van der Waals surface area contributed by atoms with Crippen molar-refractivity contribution in [3.05, 3.63) is 99.3 Å². The molecule has 1 N–H and O–H groups in total. The fourth-order valence-corrected chi connectivity index (χ4v) is 3.80. The van der Waals surface area contributed by atoms with E-state index in [1.54, 1.807) is 13.3 Å². The van der Waals surface area contributed by atoms with Gasteiger partial charge < -0.3 is 9.30 Å². The third-order valence-electron chi connectivity index (χ3n) is 5.00. The van der Waals surface area contributed by atoms with Crippen LogP contribution >= 0.6 is 22.6 Å². The minimum absolute atomic E-state index is 0.163. The maximum Gasteiger partial charge on any atom is 0.244 e. The second kappa shape index (κ2) is 9.78. The lowest BCUT2D eigenvalue weighted by atomic mass is 10.1. The molecule has 4 aromatic rings. The molecule has 6 heteroatoms. The van der Waals surface area contributed by atoms with Gasteiger partial charge in [0.1, 0.15) is 5.75 Å². The van der Waals surface area contributed by atoms with Crippen molar-refractivity contribution < 1.29 is 9.53 Å². The predicted molar refractivity (Wildman–Crippen MR) is 133 cm³/mol. The number of halogens is 1. The highest BCUT2D eigenvalue weighted by atomic mass is 127. The van der Waals surface area contributed by atoms with Crippen LogP contribution in [0.3, 0.4) is 0 Å². The number of nitrogens with one attached hydrogen (secondary N) is 1. The lowest BCUT2D eigenvalue weighted by Gasteiger charge is -2.05. The minimum Gasteiger partial charge on any atom is -0.497 e. The number of carbonyl (C=O) groups is 1. The van der Waals surface area contributed by atoms with Crippen LogP contribution < -0.4 is 10.2 Å². The van der Waals surface area contributed by atoms with E-state index in [9.17, 15) is 4.79 Å². The molecular formula is C25H22IN3O2. The SMILES string of the molecule is COc1ccc(CC(=O)N/N=C\c2cn(Cc3ccc(I)cc3)c3ccccc23)cc1. The monoisotopic (exact) mass is 523 g/mol. The molecule has 3 aromatic carbocycles. The van der Waals surface area contributed by atoms with E-state index in [1.807, 2.05) is 36.4 Å². The van der Waals surface area contributed by atoms with Crippen molar-refractivity contribution >= 4 is 45.6 Å². The summed E-state index contributed by atoms with van der Waals surface area (Å²) in [7, 11) is 1.62. The summed E-state index contributed by atoms with van der Waals surface area (Å²) in [4.78, 5) is 12.2. The lowest BCUT2D eigenvalue weighted by molar-refractivity contribution is -0.120. The van der Waals surface area contributed by atoms with Gasteiger partial charge in [-0.3, -0.25) is 4.79 Å². The summed E-state index contributed by atoms with van der Waals surface area (Å²) in [5, 5.41) is 5.29. The number of rotatable bonds is 7. The molecule has 0 saturated carbocycles. The number of aromatic nitrogens is 1. The number of hydrogen-bond acceptors (Lipinski definition) is 3. The number of hydrazone groups is 1. The molecular weight excluding hydrogens is 501 g/mol. The zero-order chi connectivity index (χ0) is 21.6. The number of para-hydroxylation sites is 1. The Labute approximate surface area is 194 Å². The first-order valence-corrected chi connectivity index (χ1v) is 11.0. The van der Waals surface area contributed by atoms with Crippen LogP contribution in [-0.2, 0) is 17.8 Å². The van der Waals surface area contributed by atoms with Gasteiger partial charge in [-0.1, -0.05) is 42.5 Å². The first-order chi connectivity index (χ1) is 15.1. The Bertz CT molecular complexity index is 1210. The number of benzene rings is 3. The van der Waals surface area contributed by atoms with Crippen molar-refractivity contribution in [3.63, 3.8) is 0 Å². The standard InChI is InChI=1S/C25H22IN3O2/c1-31-22-12-8-18(9-13-22)14-25(30)28-27-15-20-17-29(24-5-3-2-4-23(20)24)16-19-6-10-21(26)11-7-19/h2-13,15,17H,14,16H2,1H3,(H,28,30)/b27-15-. The van der Waals surface area contributed by atoms with Gasteiger partial charge in [-0.2, -0.15) is 5.10 Å². The normalized spacial score (nSPS) is 11.2. The number of ether oxygens (including phenoxy) is 1. The fraction of sp³-hybridized carbons (Fsp3) is 0.120. The van der Waals surface area contributed by atoms with E-state index in [2.05, 4.69) is 80.3 Å². The number of nitrogens with zero attached hydrogens (tertiary/aromatic N) is 2. The zero-order valence-electron chi connectivity index (χ0n) is 17.1. The Kier molecular flexibility index (Phi) is 6.66. The maximum atomic E-state index is 12.2.